The quantitative estimate of drug-likeness (QED) is 0.586. The average Bonchev–Trinajstić information content (AvgIpc) is 2.67. The smallest absolute Gasteiger partial charge is 0.416 e. The van der Waals surface area contributed by atoms with E-state index in [0.29, 0.717) is 13.2 Å². The molecule has 0 fully saturated rings. The maximum atomic E-state index is 13.0. The molecule has 0 saturated heterocycles. The Kier molecular flexibility index (Phi) is 6.14. The van der Waals surface area contributed by atoms with Gasteiger partial charge in [-0.2, -0.15) is 13.2 Å². The van der Waals surface area contributed by atoms with Gasteiger partial charge in [0.1, 0.15) is 12.4 Å². The number of nitrogens with one attached hydrogen (secondary N) is 1. The highest BCUT2D eigenvalue weighted by Crippen LogP contribution is 2.31. The second-order valence-corrected chi connectivity index (χ2v) is 6.18. The summed E-state index contributed by atoms with van der Waals surface area (Å²) in [4.78, 5) is 0. The van der Waals surface area contributed by atoms with Crippen LogP contribution in [0.4, 0.5) is 13.2 Å². The van der Waals surface area contributed by atoms with E-state index in [2.05, 4.69) is 5.32 Å². The van der Waals surface area contributed by atoms with E-state index < -0.39 is 11.7 Å². The van der Waals surface area contributed by atoms with Crippen molar-refractivity contribution in [3.8, 4) is 5.75 Å². The van der Waals surface area contributed by atoms with Gasteiger partial charge >= 0.3 is 6.18 Å². The number of alkyl halides is 3. The Bertz CT molecular complexity index is 863. The predicted molar refractivity (Wildman–Crippen MR) is 99.2 cm³/mol. The summed E-state index contributed by atoms with van der Waals surface area (Å²) >= 11 is 0. The molecule has 0 aliphatic carbocycles. The van der Waals surface area contributed by atoms with Crippen molar-refractivity contribution >= 4 is 0 Å². The van der Waals surface area contributed by atoms with E-state index in [1.165, 1.54) is 12.1 Å². The number of halogens is 3. The second kappa shape index (κ2) is 8.73. The first kappa shape index (κ1) is 19.0. The van der Waals surface area contributed by atoms with E-state index in [4.69, 9.17) is 4.74 Å². The van der Waals surface area contributed by atoms with Gasteiger partial charge in [0.05, 0.1) is 5.56 Å². The van der Waals surface area contributed by atoms with Crippen molar-refractivity contribution in [1.29, 1.82) is 0 Å². The molecular formula is C22H20F3NO. The van der Waals surface area contributed by atoms with Crippen molar-refractivity contribution in [3.63, 3.8) is 0 Å². The Morgan fingerprint density at radius 3 is 2.22 bits per heavy atom. The second-order valence-electron chi connectivity index (χ2n) is 6.18. The Hall–Kier alpha value is -2.79. The van der Waals surface area contributed by atoms with Crippen LogP contribution in [0.2, 0.25) is 0 Å². The standard InChI is InChI=1S/C22H20F3NO/c23-22(24,25)21-12-5-4-10-19(21)15-26-14-18-9-6-11-20(13-18)27-16-17-7-2-1-3-8-17/h1-13,26H,14-16H2. The van der Waals surface area contributed by atoms with Crippen LogP contribution in [0.25, 0.3) is 0 Å². The Morgan fingerprint density at radius 1 is 0.741 bits per heavy atom. The number of ether oxygens (including phenoxy) is 1. The van der Waals surface area contributed by atoms with Crippen molar-refractivity contribution in [2.24, 2.45) is 0 Å². The third-order valence-corrected chi connectivity index (χ3v) is 4.11. The number of rotatable bonds is 7. The van der Waals surface area contributed by atoms with E-state index in [1.807, 2.05) is 54.6 Å². The molecule has 0 radical (unpaired) electrons. The van der Waals surface area contributed by atoms with Crippen LogP contribution in [0.5, 0.6) is 5.75 Å². The summed E-state index contributed by atoms with van der Waals surface area (Å²) in [5.41, 5.74) is 1.66. The fourth-order valence-corrected chi connectivity index (χ4v) is 2.78. The van der Waals surface area contributed by atoms with E-state index in [0.717, 1.165) is 22.9 Å². The summed E-state index contributed by atoms with van der Waals surface area (Å²) in [5.74, 6) is 0.730. The highest BCUT2D eigenvalue weighted by atomic mass is 19.4. The van der Waals surface area contributed by atoms with Crippen molar-refractivity contribution < 1.29 is 17.9 Å². The minimum absolute atomic E-state index is 0.144. The molecule has 0 atom stereocenters. The zero-order chi connectivity index (χ0) is 19.1. The summed E-state index contributed by atoms with van der Waals surface area (Å²) in [6.45, 7) is 1.07. The van der Waals surface area contributed by atoms with E-state index in [9.17, 15) is 13.2 Å². The molecule has 0 aromatic heterocycles. The lowest BCUT2D eigenvalue weighted by molar-refractivity contribution is -0.138. The lowest BCUT2D eigenvalue weighted by Gasteiger charge is -2.13. The molecule has 0 amide bonds. The van der Waals surface area contributed by atoms with Gasteiger partial charge in [-0.05, 0) is 34.9 Å². The highest BCUT2D eigenvalue weighted by Gasteiger charge is 2.32. The van der Waals surface area contributed by atoms with Crippen molar-refractivity contribution in [3.05, 3.63) is 101 Å². The van der Waals surface area contributed by atoms with Crippen molar-refractivity contribution in [2.75, 3.05) is 0 Å². The summed E-state index contributed by atoms with van der Waals surface area (Å²) in [5, 5.41) is 3.08. The maximum absolute atomic E-state index is 13.0. The third kappa shape index (κ3) is 5.59. The maximum Gasteiger partial charge on any atom is 0.416 e. The van der Waals surface area contributed by atoms with Crippen LogP contribution in [-0.2, 0) is 25.9 Å². The molecule has 0 spiro atoms. The summed E-state index contributed by atoms with van der Waals surface area (Å²) in [7, 11) is 0. The molecule has 27 heavy (non-hydrogen) atoms. The number of benzene rings is 3. The van der Waals surface area contributed by atoms with Gasteiger partial charge in [0.25, 0.3) is 0 Å². The summed E-state index contributed by atoms with van der Waals surface area (Å²) < 4.78 is 44.9. The van der Waals surface area contributed by atoms with E-state index in [-0.39, 0.29) is 12.1 Å². The molecule has 3 aromatic rings. The molecule has 3 rings (SSSR count). The molecule has 1 N–H and O–H groups in total. The van der Waals surface area contributed by atoms with Gasteiger partial charge in [-0.15, -0.1) is 0 Å². The molecule has 0 bridgehead atoms. The van der Waals surface area contributed by atoms with Gasteiger partial charge in [0.15, 0.2) is 0 Å². The van der Waals surface area contributed by atoms with Crippen molar-refractivity contribution in [1.82, 2.24) is 5.32 Å². The molecule has 5 heteroatoms. The molecule has 140 valence electrons. The largest absolute Gasteiger partial charge is 0.489 e. The summed E-state index contributed by atoms with van der Waals surface area (Å²) in [6, 6.07) is 23.0. The lowest BCUT2D eigenvalue weighted by atomic mass is 10.1. The number of hydrogen-bond donors (Lipinski definition) is 1. The fraction of sp³-hybridized carbons (Fsp3) is 0.182. The van der Waals surface area contributed by atoms with Crippen LogP contribution in [-0.4, -0.2) is 0 Å². The summed E-state index contributed by atoms with van der Waals surface area (Å²) in [6.07, 6.45) is -4.34. The predicted octanol–water partition coefficient (Wildman–Crippen LogP) is 5.57. The van der Waals surface area contributed by atoms with Crippen molar-refractivity contribution in [2.45, 2.75) is 25.9 Å². The first-order valence-electron chi connectivity index (χ1n) is 8.64. The third-order valence-electron chi connectivity index (χ3n) is 4.11. The zero-order valence-electron chi connectivity index (χ0n) is 14.7. The molecule has 0 unspecified atom stereocenters. The SMILES string of the molecule is FC(F)(F)c1ccccc1CNCc1cccc(OCc2ccccc2)c1. The van der Waals surface area contributed by atoms with Gasteiger partial charge in [-0.25, -0.2) is 0 Å². The highest BCUT2D eigenvalue weighted by molar-refractivity contribution is 5.31. The van der Waals surface area contributed by atoms with Gasteiger partial charge in [-0.1, -0.05) is 60.7 Å². The average molecular weight is 371 g/mol. The lowest BCUT2D eigenvalue weighted by Crippen LogP contribution is -2.17. The Morgan fingerprint density at radius 2 is 1.44 bits per heavy atom. The normalized spacial score (nSPS) is 11.4. The Balaban J connectivity index is 1.56. The monoisotopic (exact) mass is 371 g/mol. The van der Waals surface area contributed by atoms with Gasteiger partial charge < -0.3 is 10.1 Å². The first-order valence-corrected chi connectivity index (χ1v) is 8.64. The molecule has 0 aliphatic rings. The molecule has 0 heterocycles. The molecule has 3 aromatic carbocycles. The Labute approximate surface area is 156 Å². The van der Waals surface area contributed by atoms with Gasteiger partial charge in [-0.3, -0.25) is 0 Å². The minimum atomic E-state index is -4.34. The van der Waals surface area contributed by atoms with Crippen LogP contribution in [0.15, 0.2) is 78.9 Å². The van der Waals surface area contributed by atoms with E-state index >= 15 is 0 Å². The minimum Gasteiger partial charge on any atom is -0.489 e. The van der Waals surface area contributed by atoms with Crippen LogP contribution in [0.3, 0.4) is 0 Å². The molecule has 0 aliphatic heterocycles. The van der Waals surface area contributed by atoms with Crippen LogP contribution < -0.4 is 10.1 Å². The van der Waals surface area contributed by atoms with Crippen LogP contribution >= 0.6 is 0 Å². The topological polar surface area (TPSA) is 21.3 Å². The molecule has 2 nitrogen and oxygen atoms in total. The molecule has 0 saturated carbocycles. The van der Waals surface area contributed by atoms with Gasteiger partial charge in [0, 0.05) is 13.1 Å². The van der Waals surface area contributed by atoms with Crippen LogP contribution in [0.1, 0.15) is 22.3 Å². The first-order chi connectivity index (χ1) is 13.0. The van der Waals surface area contributed by atoms with E-state index in [1.54, 1.807) is 6.07 Å². The van der Waals surface area contributed by atoms with Crippen LogP contribution in [0, 0.1) is 0 Å². The number of hydrogen-bond acceptors (Lipinski definition) is 2. The van der Waals surface area contributed by atoms with Gasteiger partial charge in [0.2, 0.25) is 0 Å². The fourth-order valence-electron chi connectivity index (χ4n) is 2.78. The molecular weight excluding hydrogens is 351 g/mol. The zero-order valence-corrected chi connectivity index (χ0v) is 14.7.